The summed E-state index contributed by atoms with van der Waals surface area (Å²) >= 11 is 0.778. The van der Waals surface area contributed by atoms with Crippen molar-refractivity contribution in [3.63, 3.8) is 0 Å². The summed E-state index contributed by atoms with van der Waals surface area (Å²) in [6, 6.07) is 0. The Morgan fingerprint density at radius 3 is 1.88 bits per heavy atom. The van der Waals surface area contributed by atoms with Crippen LogP contribution in [-0.2, 0) is 0 Å². The Bertz CT molecular complexity index is 266. The third kappa shape index (κ3) is 2.83. The number of hydrogen-bond donors (Lipinski definition) is 0. The summed E-state index contributed by atoms with van der Waals surface area (Å²) in [7, 11) is 0. The molecule has 0 unspecified atom stereocenters. The minimum atomic E-state index is -6.29. The molecule has 0 aromatic carbocycles. The molecule has 0 fully saturated rings. The van der Waals surface area contributed by atoms with Crippen LogP contribution >= 0.6 is 11.8 Å². The Balaban J connectivity index is 5.19. The summed E-state index contributed by atoms with van der Waals surface area (Å²) < 4.78 is 85.8. The van der Waals surface area contributed by atoms with Crippen LogP contribution in [0.2, 0.25) is 0 Å². The standard InChI is InChI=1S/C8H8F7S/c1-5(3-4-16-2)6(9,10)7(11,12)8(13,14)15/h3H,2,4H2,1H3. The number of hydrogen-bond acceptors (Lipinski definition) is 1. The second kappa shape index (κ2) is 4.85. The van der Waals surface area contributed by atoms with Gasteiger partial charge in [-0.3, -0.25) is 0 Å². The lowest BCUT2D eigenvalue weighted by Gasteiger charge is -2.28. The van der Waals surface area contributed by atoms with E-state index in [0.29, 0.717) is 13.0 Å². The van der Waals surface area contributed by atoms with Crippen molar-refractivity contribution in [1.82, 2.24) is 0 Å². The first-order valence-electron chi connectivity index (χ1n) is 3.85. The molecule has 0 spiro atoms. The van der Waals surface area contributed by atoms with Gasteiger partial charge in [-0.05, 0) is 12.5 Å². The minimum absolute atomic E-state index is 0.171. The van der Waals surface area contributed by atoms with Gasteiger partial charge in [-0.25, -0.2) is 0 Å². The van der Waals surface area contributed by atoms with E-state index >= 15 is 0 Å². The van der Waals surface area contributed by atoms with E-state index in [9.17, 15) is 30.7 Å². The fourth-order valence-electron chi connectivity index (χ4n) is 0.738. The summed E-state index contributed by atoms with van der Waals surface area (Å²) in [5.41, 5.74) is -1.33. The minimum Gasteiger partial charge on any atom is -0.194 e. The topological polar surface area (TPSA) is 0 Å². The lowest BCUT2D eigenvalue weighted by Crippen LogP contribution is -2.52. The van der Waals surface area contributed by atoms with E-state index in [0.717, 1.165) is 11.8 Å². The summed E-state index contributed by atoms with van der Waals surface area (Å²) in [5.74, 6) is -11.5. The van der Waals surface area contributed by atoms with Crippen LogP contribution in [0.3, 0.4) is 0 Å². The molecule has 0 bridgehead atoms. The van der Waals surface area contributed by atoms with Crippen LogP contribution in [0, 0.1) is 6.26 Å². The summed E-state index contributed by atoms with van der Waals surface area (Å²) in [5, 5.41) is 0. The third-order valence-electron chi connectivity index (χ3n) is 1.75. The van der Waals surface area contributed by atoms with E-state index in [2.05, 4.69) is 6.26 Å². The zero-order valence-electron chi connectivity index (χ0n) is 8.05. The van der Waals surface area contributed by atoms with E-state index in [4.69, 9.17) is 0 Å². The third-order valence-corrected chi connectivity index (χ3v) is 2.16. The van der Waals surface area contributed by atoms with Crippen molar-refractivity contribution in [3.8, 4) is 0 Å². The maximum atomic E-state index is 12.8. The second-order valence-corrected chi connectivity index (χ2v) is 3.65. The van der Waals surface area contributed by atoms with Gasteiger partial charge < -0.3 is 0 Å². The molecule has 1 radical (unpaired) electrons. The van der Waals surface area contributed by atoms with Gasteiger partial charge in [-0.2, -0.15) is 42.5 Å². The van der Waals surface area contributed by atoms with Gasteiger partial charge >= 0.3 is 18.0 Å². The molecular formula is C8H8F7S. The average molecular weight is 269 g/mol. The first-order valence-corrected chi connectivity index (χ1v) is 5.00. The first-order chi connectivity index (χ1) is 6.98. The predicted octanol–water partition coefficient (Wildman–Crippen LogP) is 4.29. The van der Waals surface area contributed by atoms with Crippen molar-refractivity contribution >= 4 is 11.8 Å². The zero-order valence-corrected chi connectivity index (χ0v) is 8.86. The number of halogens is 7. The normalized spacial score (nSPS) is 15.4. The van der Waals surface area contributed by atoms with Crippen LogP contribution in [-0.4, -0.2) is 23.8 Å². The molecule has 8 heteroatoms. The van der Waals surface area contributed by atoms with Crippen molar-refractivity contribution in [3.05, 3.63) is 17.9 Å². The molecule has 0 aliphatic carbocycles. The molecule has 16 heavy (non-hydrogen) atoms. The lowest BCUT2D eigenvalue weighted by molar-refractivity contribution is -0.344. The highest BCUT2D eigenvalue weighted by molar-refractivity contribution is 8.00. The molecule has 0 aliphatic heterocycles. The molecule has 0 heterocycles. The largest absolute Gasteiger partial charge is 0.460 e. The summed E-state index contributed by atoms with van der Waals surface area (Å²) in [6.45, 7) is 0.524. The van der Waals surface area contributed by atoms with Crippen LogP contribution in [0.15, 0.2) is 11.6 Å². The number of allylic oxidation sites excluding steroid dienone is 1. The Labute approximate surface area is 91.9 Å². The van der Waals surface area contributed by atoms with Gasteiger partial charge in [-0.15, -0.1) is 0 Å². The Morgan fingerprint density at radius 1 is 1.12 bits per heavy atom. The Hall–Kier alpha value is -0.400. The van der Waals surface area contributed by atoms with Crippen molar-refractivity contribution in [2.24, 2.45) is 0 Å². The van der Waals surface area contributed by atoms with Gasteiger partial charge in [0.1, 0.15) is 0 Å². The van der Waals surface area contributed by atoms with Crippen LogP contribution in [0.5, 0.6) is 0 Å². The van der Waals surface area contributed by atoms with Crippen molar-refractivity contribution in [2.75, 3.05) is 5.75 Å². The summed E-state index contributed by atoms with van der Waals surface area (Å²) in [4.78, 5) is 0. The van der Waals surface area contributed by atoms with Crippen molar-refractivity contribution in [2.45, 2.75) is 24.9 Å². The molecule has 0 aliphatic rings. The van der Waals surface area contributed by atoms with Crippen LogP contribution in [0.4, 0.5) is 30.7 Å². The number of rotatable bonds is 4. The molecule has 0 nitrogen and oxygen atoms in total. The van der Waals surface area contributed by atoms with E-state index in [-0.39, 0.29) is 5.75 Å². The van der Waals surface area contributed by atoms with Gasteiger partial charge in [0.15, 0.2) is 0 Å². The molecule has 0 saturated carbocycles. The fraction of sp³-hybridized carbons (Fsp3) is 0.625. The van der Waals surface area contributed by atoms with Gasteiger partial charge in [0, 0.05) is 12.0 Å². The fourth-order valence-corrected chi connectivity index (χ4v) is 1.11. The maximum absolute atomic E-state index is 12.8. The first kappa shape index (κ1) is 15.6. The molecule has 0 rings (SSSR count). The zero-order chi connectivity index (χ0) is 13.2. The monoisotopic (exact) mass is 269 g/mol. The van der Waals surface area contributed by atoms with Crippen LogP contribution < -0.4 is 0 Å². The highest BCUT2D eigenvalue weighted by Gasteiger charge is 2.73. The van der Waals surface area contributed by atoms with Gasteiger partial charge in [0.05, 0.1) is 0 Å². The van der Waals surface area contributed by atoms with E-state index < -0.39 is 23.6 Å². The molecule has 0 N–H and O–H groups in total. The van der Waals surface area contributed by atoms with Crippen molar-refractivity contribution in [1.29, 1.82) is 0 Å². The average Bonchev–Trinajstić information content (AvgIpc) is 2.11. The molecule has 0 atom stereocenters. The highest BCUT2D eigenvalue weighted by Crippen LogP contribution is 2.49. The molecule has 0 aromatic rings. The molecule has 0 amide bonds. The molecular weight excluding hydrogens is 261 g/mol. The van der Waals surface area contributed by atoms with Gasteiger partial charge in [0.25, 0.3) is 0 Å². The number of thioether (sulfide) groups is 1. The maximum Gasteiger partial charge on any atom is 0.460 e. The van der Waals surface area contributed by atoms with Crippen LogP contribution in [0.25, 0.3) is 0 Å². The van der Waals surface area contributed by atoms with Crippen LogP contribution in [0.1, 0.15) is 6.92 Å². The highest BCUT2D eigenvalue weighted by atomic mass is 32.2. The Morgan fingerprint density at radius 2 is 1.56 bits per heavy atom. The molecule has 0 aromatic heterocycles. The Kier molecular flexibility index (Phi) is 4.73. The molecule has 95 valence electrons. The number of alkyl halides is 7. The van der Waals surface area contributed by atoms with Crippen molar-refractivity contribution < 1.29 is 30.7 Å². The van der Waals surface area contributed by atoms with Gasteiger partial charge in [0.2, 0.25) is 0 Å². The summed E-state index contributed by atoms with van der Waals surface area (Å²) in [6.07, 6.45) is -2.53. The SMILES string of the molecule is [CH2]SCC=C(C)C(F)(F)C(F)(F)C(F)(F)F. The van der Waals surface area contributed by atoms with Gasteiger partial charge in [-0.1, -0.05) is 6.08 Å². The van der Waals surface area contributed by atoms with E-state index in [1.54, 1.807) is 0 Å². The second-order valence-electron chi connectivity index (χ2n) is 2.90. The molecule has 0 saturated heterocycles. The lowest BCUT2D eigenvalue weighted by atomic mass is 10.0. The van der Waals surface area contributed by atoms with E-state index in [1.165, 1.54) is 0 Å². The quantitative estimate of drug-likeness (QED) is 0.542. The predicted molar refractivity (Wildman–Crippen MR) is 47.5 cm³/mol. The smallest absolute Gasteiger partial charge is 0.194 e. The van der Waals surface area contributed by atoms with E-state index in [1.807, 2.05) is 0 Å².